The summed E-state index contributed by atoms with van der Waals surface area (Å²) < 4.78 is 4.37. The Bertz CT molecular complexity index is 456. The molecule has 0 atom stereocenters. The number of nitrogens with two attached hydrogens (primary N) is 1. The number of aromatic nitrogens is 1. The van der Waals surface area contributed by atoms with Gasteiger partial charge in [0.05, 0.1) is 12.0 Å². The Labute approximate surface area is 90.7 Å². The molecule has 0 aliphatic rings. The SMILES string of the molecule is COC(=O)C=Cc1cncc([N+](=O)[O-])c1N. The standard InChI is InChI=1S/C9H9N3O4/c1-16-8(13)3-2-6-4-11-5-7(9(6)10)12(14)15/h2-5H,1H3,(H2,10,11). The molecule has 0 amide bonds. The second-order valence-corrected chi connectivity index (χ2v) is 2.78. The van der Waals surface area contributed by atoms with E-state index in [-0.39, 0.29) is 11.4 Å². The fourth-order valence-corrected chi connectivity index (χ4v) is 0.979. The number of esters is 1. The van der Waals surface area contributed by atoms with Gasteiger partial charge in [0.15, 0.2) is 0 Å². The summed E-state index contributed by atoms with van der Waals surface area (Å²) in [5.74, 6) is -0.578. The number of nitrogens with zero attached hydrogens (tertiary/aromatic N) is 2. The van der Waals surface area contributed by atoms with Crippen molar-refractivity contribution in [1.29, 1.82) is 0 Å². The molecule has 1 heterocycles. The molecule has 0 radical (unpaired) electrons. The van der Waals surface area contributed by atoms with Gasteiger partial charge in [0.2, 0.25) is 0 Å². The minimum absolute atomic E-state index is 0.0415. The monoisotopic (exact) mass is 223 g/mol. The topological polar surface area (TPSA) is 108 Å². The van der Waals surface area contributed by atoms with E-state index >= 15 is 0 Å². The van der Waals surface area contributed by atoms with E-state index in [9.17, 15) is 14.9 Å². The molecule has 0 saturated carbocycles. The van der Waals surface area contributed by atoms with Crippen molar-refractivity contribution in [3.8, 4) is 0 Å². The molecule has 0 bridgehead atoms. The number of anilines is 1. The lowest BCUT2D eigenvalue weighted by Gasteiger charge is -1.99. The van der Waals surface area contributed by atoms with E-state index in [4.69, 9.17) is 5.73 Å². The van der Waals surface area contributed by atoms with Gasteiger partial charge in [-0.15, -0.1) is 0 Å². The first-order valence-corrected chi connectivity index (χ1v) is 4.20. The summed E-state index contributed by atoms with van der Waals surface area (Å²) in [4.78, 5) is 24.4. The van der Waals surface area contributed by atoms with Gasteiger partial charge in [-0.25, -0.2) is 4.79 Å². The van der Waals surface area contributed by atoms with Gasteiger partial charge < -0.3 is 10.5 Å². The molecule has 0 spiro atoms. The van der Waals surface area contributed by atoms with Crippen LogP contribution in [0.4, 0.5) is 11.4 Å². The quantitative estimate of drug-likeness (QED) is 0.350. The van der Waals surface area contributed by atoms with E-state index in [1.807, 2.05) is 0 Å². The van der Waals surface area contributed by atoms with Gasteiger partial charge in [0.25, 0.3) is 0 Å². The van der Waals surface area contributed by atoms with E-state index < -0.39 is 10.9 Å². The molecule has 1 rings (SSSR count). The maximum atomic E-state index is 10.8. The van der Waals surface area contributed by atoms with Crippen molar-refractivity contribution >= 4 is 23.4 Å². The molecule has 16 heavy (non-hydrogen) atoms. The fourth-order valence-electron chi connectivity index (χ4n) is 0.979. The normalized spacial score (nSPS) is 10.3. The summed E-state index contributed by atoms with van der Waals surface area (Å²) >= 11 is 0. The first kappa shape index (κ1) is 11.6. The maximum absolute atomic E-state index is 10.8. The highest BCUT2D eigenvalue weighted by atomic mass is 16.6. The Balaban J connectivity index is 3.07. The molecule has 1 aromatic rings. The molecule has 0 fully saturated rings. The van der Waals surface area contributed by atoms with Crippen molar-refractivity contribution in [3.63, 3.8) is 0 Å². The predicted octanol–water partition coefficient (Wildman–Crippen LogP) is 0.758. The van der Waals surface area contributed by atoms with Gasteiger partial charge in [-0.1, -0.05) is 0 Å². The summed E-state index contributed by atoms with van der Waals surface area (Å²) in [5, 5.41) is 10.5. The maximum Gasteiger partial charge on any atom is 0.330 e. The van der Waals surface area contributed by atoms with Crippen molar-refractivity contribution in [2.45, 2.75) is 0 Å². The van der Waals surface area contributed by atoms with Gasteiger partial charge in [0, 0.05) is 17.8 Å². The lowest BCUT2D eigenvalue weighted by Crippen LogP contribution is -1.99. The third-order valence-electron chi connectivity index (χ3n) is 1.79. The highest BCUT2D eigenvalue weighted by molar-refractivity contribution is 5.88. The van der Waals surface area contributed by atoms with Crippen LogP contribution in [-0.4, -0.2) is 23.0 Å². The van der Waals surface area contributed by atoms with Crippen molar-refractivity contribution in [2.24, 2.45) is 0 Å². The van der Waals surface area contributed by atoms with Crippen LogP contribution in [0, 0.1) is 10.1 Å². The first-order chi connectivity index (χ1) is 7.56. The highest BCUT2D eigenvalue weighted by Crippen LogP contribution is 2.24. The molecule has 7 nitrogen and oxygen atoms in total. The Kier molecular flexibility index (Phi) is 3.54. The number of carbonyl (C=O) groups is 1. The first-order valence-electron chi connectivity index (χ1n) is 4.20. The molecule has 0 unspecified atom stereocenters. The second-order valence-electron chi connectivity index (χ2n) is 2.78. The van der Waals surface area contributed by atoms with Crippen LogP contribution in [0.1, 0.15) is 5.56 Å². The second kappa shape index (κ2) is 4.87. The number of carbonyl (C=O) groups excluding carboxylic acids is 1. The van der Waals surface area contributed by atoms with Gasteiger partial charge >= 0.3 is 11.7 Å². The average molecular weight is 223 g/mol. The van der Waals surface area contributed by atoms with E-state index in [0.717, 1.165) is 12.3 Å². The predicted molar refractivity (Wildman–Crippen MR) is 56.4 cm³/mol. The number of nitro groups is 1. The van der Waals surface area contributed by atoms with Crippen LogP contribution < -0.4 is 5.73 Å². The number of ether oxygens (including phenoxy) is 1. The van der Waals surface area contributed by atoms with E-state index in [0.29, 0.717) is 5.56 Å². The van der Waals surface area contributed by atoms with Gasteiger partial charge in [-0.2, -0.15) is 0 Å². The average Bonchev–Trinajstić information content (AvgIpc) is 2.26. The van der Waals surface area contributed by atoms with E-state index in [1.165, 1.54) is 19.4 Å². The summed E-state index contributed by atoms with van der Waals surface area (Å²) in [6.45, 7) is 0. The minimum atomic E-state index is -0.641. The lowest BCUT2D eigenvalue weighted by molar-refractivity contribution is -0.384. The lowest BCUT2D eigenvalue weighted by atomic mass is 10.2. The summed E-state index contributed by atoms with van der Waals surface area (Å²) in [6, 6.07) is 0. The molecule has 0 saturated heterocycles. The number of pyridine rings is 1. The van der Waals surface area contributed by atoms with Crippen molar-refractivity contribution < 1.29 is 14.5 Å². The van der Waals surface area contributed by atoms with Crippen LogP contribution in [0.3, 0.4) is 0 Å². The number of hydrogen-bond acceptors (Lipinski definition) is 6. The third-order valence-corrected chi connectivity index (χ3v) is 1.79. The van der Waals surface area contributed by atoms with Crippen LogP contribution in [0.2, 0.25) is 0 Å². The molecule has 7 heteroatoms. The van der Waals surface area contributed by atoms with Crippen molar-refractivity contribution in [2.75, 3.05) is 12.8 Å². The summed E-state index contributed by atoms with van der Waals surface area (Å²) in [5.41, 5.74) is 5.48. The molecular formula is C9H9N3O4. The van der Waals surface area contributed by atoms with Crippen molar-refractivity contribution in [1.82, 2.24) is 4.98 Å². The molecule has 1 aromatic heterocycles. The fraction of sp³-hybridized carbons (Fsp3) is 0.111. The van der Waals surface area contributed by atoms with Crippen LogP contribution in [0.15, 0.2) is 18.5 Å². The molecule has 0 aliphatic heterocycles. The number of rotatable bonds is 3. The minimum Gasteiger partial charge on any atom is -0.466 e. The highest BCUT2D eigenvalue weighted by Gasteiger charge is 2.13. The molecular weight excluding hydrogens is 214 g/mol. The Morgan fingerprint density at radius 2 is 2.31 bits per heavy atom. The van der Waals surface area contributed by atoms with Gasteiger partial charge in [0.1, 0.15) is 11.9 Å². The van der Waals surface area contributed by atoms with Gasteiger partial charge in [-0.3, -0.25) is 15.1 Å². The van der Waals surface area contributed by atoms with Crippen LogP contribution in [0.25, 0.3) is 6.08 Å². The van der Waals surface area contributed by atoms with Gasteiger partial charge in [-0.05, 0) is 6.08 Å². The van der Waals surface area contributed by atoms with Crippen molar-refractivity contribution in [3.05, 3.63) is 34.1 Å². The molecule has 2 N–H and O–H groups in total. The van der Waals surface area contributed by atoms with E-state index in [2.05, 4.69) is 9.72 Å². The van der Waals surface area contributed by atoms with Crippen LogP contribution in [0.5, 0.6) is 0 Å². The van der Waals surface area contributed by atoms with E-state index in [1.54, 1.807) is 0 Å². The number of hydrogen-bond donors (Lipinski definition) is 1. The smallest absolute Gasteiger partial charge is 0.330 e. The Morgan fingerprint density at radius 3 is 2.88 bits per heavy atom. The van der Waals surface area contributed by atoms with Crippen LogP contribution >= 0.6 is 0 Å². The molecule has 0 aliphatic carbocycles. The Hall–Kier alpha value is -2.44. The zero-order chi connectivity index (χ0) is 12.1. The zero-order valence-electron chi connectivity index (χ0n) is 8.41. The summed E-state index contributed by atoms with van der Waals surface area (Å²) in [7, 11) is 1.22. The molecule has 0 aromatic carbocycles. The largest absolute Gasteiger partial charge is 0.466 e. The third kappa shape index (κ3) is 2.53. The molecule has 84 valence electrons. The summed E-state index contributed by atoms with van der Waals surface area (Å²) in [6.07, 6.45) is 4.78. The zero-order valence-corrected chi connectivity index (χ0v) is 8.41. The number of methoxy groups -OCH3 is 1. The number of nitrogen functional groups attached to an aromatic ring is 1. The Morgan fingerprint density at radius 1 is 1.62 bits per heavy atom. The van der Waals surface area contributed by atoms with Crippen LogP contribution in [-0.2, 0) is 9.53 Å².